The van der Waals surface area contributed by atoms with Crippen LogP contribution in [0, 0.1) is 46.3 Å². The molecule has 4 aliphatic carbocycles. The number of halogens is 3. The Bertz CT molecular complexity index is 1010. The maximum absolute atomic E-state index is 12.4. The van der Waals surface area contributed by atoms with Crippen molar-refractivity contribution in [1.82, 2.24) is 0 Å². The maximum Gasteiger partial charge on any atom is 0.490 e. The summed E-state index contributed by atoms with van der Waals surface area (Å²) >= 11 is 0. The third-order valence-corrected chi connectivity index (χ3v) is 11.8. The lowest BCUT2D eigenvalue weighted by atomic mass is 9.44. The van der Waals surface area contributed by atoms with Crippen molar-refractivity contribution in [2.75, 3.05) is 6.61 Å². The third kappa shape index (κ3) is 5.11. The van der Waals surface area contributed by atoms with E-state index in [1.807, 2.05) is 6.92 Å². The number of rotatable bonds is 6. The predicted molar refractivity (Wildman–Crippen MR) is 139 cm³/mol. The van der Waals surface area contributed by atoms with Crippen molar-refractivity contribution >= 4 is 11.9 Å². The van der Waals surface area contributed by atoms with Crippen LogP contribution in [0.15, 0.2) is 11.3 Å². The Balaban J connectivity index is 1.22. The number of carbonyl (C=O) groups is 2. The first kappa shape index (κ1) is 28.8. The van der Waals surface area contributed by atoms with Gasteiger partial charge in [0.15, 0.2) is 0 Å². The summed E-state index contributed by atoms with van der Waals surface area (Å²) in [5.41, 5.74) is 1.86. The standard InChI is InChI=1S/C31H45F3O5/c1-17(16-37-28(36)31(32,33)34)6-9-25-18(2)27-26(39-25)15-24-22-8-7-20-14-21(38-19(3)35)10-12-29(20,4)23(22)11-13-30(24,27)5/h17,20-24,26-27H,6-16H2,1-5H3/t17-,20+,21+,22-,23+,24+,26+,27+,29+,30+/m1/s1. The second kappa shape index (κ2) is 10.3. The lowest BCUT2D eigenvalue weighted by molar-refractivity contribution is -0.200. The molecule has 0 aromatic carbocycles. The summed E-state index contributed by atoms with van der Waals surface area (Å²) in [6, 6.07) is 0. The van der Waals surface area contributed by atoms with Gasteiger partial charge in [-0.15, -0.1) is 0 Å². The molecule has 220 valence electrons. The van der Waals surface area contributed by atoms with Gasteiger partial charge in [0.1, 0.15) is 12.2 Å². The first-order chi connectivity index (χ1) is 18.2. The fourth-order valence-corrected chi connectivity index (χ4v) is 9.90. The molecule has 0 saturated heterocycles. The van der Waals surface area contributed by atoms with Crippen LogP contribution in [0.25, 0.3) is 0 Å². The van der Waals surface area contributed by atoms with Crippen molar-refractivity contribution in [1.29, 1.82) is 0 Å². The molecule has 8 heteroatoms. The second-order valence-corrected chi connectivity index (χ2v) is 13.9. The van der Waals surface area contributed by atoms with E-state index < -0.39 is 12.1 Å². The van der Waals surface area contributed by atoms with E-state index in [1.165, 1.54) is 38.2 Å². The van der Waals surface area contributed by atoms with Crippen LogP contribution in [0.5, 0.6) is 0 Å². The van der Waals surface area contributed by atoms with Gasteiger partial charge in [-0.25, -0.2) is 4.79 Å². The maximum atomic E-state index is 12.4. The van der Waals surface area contributed by atoms with Gasteiger partial charge in [0.2, 0.25) is 0 Å². The molecular formula is C31H45F3O5. The summed E-state index contributed by atoms with van der Waals surface area (Å²) in [5, 5.41) is 0. The van der Waals surface area contributed by atoms with E-state index in [-0.39, 0.29) is 36.1 Å². The summed E-state index contributed by atoms with van der Waals surface area (Å²) in [6.45, 7) is 10.3. The third-order valence-electron chi connectivity index (χ3n) is 11.8. The topological polar surface area (TPSA) is 61.8 Å². The minimum atomic E-state index is -4.95. The SMILES string of the molecule is CC(=O)O[C@H]1CC[C@@]2(C)[C@@H](CC[C@@H]3[C@@H]2CC[C@@]2(C)[C@H]3C[C@@H]3OC(CC[C@@H](C)COC(=O)C(F)(F)F)=C(C)[C@@H]32)C1. The van der Waals surface area contributed by atoms with Gasteiger partial charge in [0.05, 0.1) is 12.4 Å². The Morgan fingerprint density at radius 1 is 1.05 bits per heavy atom. The molecule has 0 radical (unpaired) electrons. The summed E-state index contributed by atoms with van der Waals surface area (Å²) in [7, 11) is 0. The molecule has 1 heterocycles. The van der Waals surface area contributed by atoms with Crippen LogP contribution >= 0.6 is 0 Å². The van der Waals surface area contributed by atoms with Gasteiger partial charge in [-0.3, -0.25) is 4.79 Å². The van der Waals surface area contributed by atoms with E-state index >= 15 is 0 Å². The lowest BCUT2D eigenvalue weighted by Gasteiger charge is -2.61. The van der Waals surface area contributed by atoms with Crippen molar-refractivity contribution < 1.29 is 37.0 Å². The molecule has 4 fully saturated rings. The van der Waals surface area contributed by atoms with Crippen LogP contribution in [0.4, 0.5) is 13.2 Å². The van der Waals surface area contributed by atoms with E-state index in [0.717, 1.165) is 37.4 Å². The fourth-order valence-electron chi connectivity index (χ4n) is 9.90. The zero-order valence-corrected chi connectivity index (χ0v) is 24.1. The van der Waals surface area contributed by atoms with Crippen molar-refractivity contribution in [2.45, 2.75) is 117 Å². The molecule has 0 aromatic rings. The molecule has 5 aliphatic rings. The Morgan fingerprint density at radius 2 is 1.77 bits per heavy atom. The molecule has 4 saturated carbocycles. The summed E-state index contributed by atoms with van der Waals surface area (Å²) in [4.78, 5) is 22.6. The van der Waals surface area contributed by atoms with E-state index in [4.69, 9.17) is 9.47 Å². The number of alkyl halides is 3. The van der Waals surface area contributed by atoms with Gasteiger partial charge in [0.25, 0.3) is 0 Å². The molecule has 0 N–H and O–H groups in total. The van der Waals surface area contributed by atoms with Gasteiger partial charge in [-0.05, 0) is 111 Å². The molecular weight excluding hydrogens is 509 g/mol. The molecule has 0 amide bonds. The van der Waals surface area contributed by atoms with Gasteiger partial charge in [-0.1, -0.05) is 20.8 Å². The highest BCUT2D eigenvalue weighted by atomic mass is 19.4. The molecule has 5 rings (SSSR count). The smallest absolute Gasteiger partial charge is 0.490 e. The molecule has 0 unspecified atom stereocenters. The highest BCUT2D eigenvalue weighted by Gasteiger charge is 2.64. The fraction of sp³-hybridized carbons (Fsp3) is 0.871. The van der Waals surface area contributed by atoms with E-state index in [2.05, 4.69) is 25.5 Å². The molecule has 0 bridgehead atoms. The zero-order valence-electron chi connectivity index (χ0n) is 24.1. The average Bonchev–Trinajstić information content (AvgIpc) is 3.33. The molecule has 1 aliphatic heterocycles. The van der Waals surface area contributed by atoms with Gasteiger partial charge in [0, 0.05) is 19.3 Å². The number of carbonyl (C=O) groups excluding carboxylic acids is 2. The van der Waals surface area contributed by atoms with Crippen LogP contribution in [-0.4, -0.2) is 36.9 Å². The normalized spacial score (nSPS) is 42.0. The highest BCUT2D eigenvalue weighted by Crippen LogP contribution is 2.69. The van der Waals surface area contributed by atoms with Crippen LogP contribution in [0.3, 0.4) is 0 Å². The Labute approximate surface area is 230 Å². The largest absolute Gasteiger partial charge is 0.494 e. The monoisotopic (exact) mass is 554 g/mol. The quantitative estimate of drug-likeness (QED) is 0.321. The summed E-state index contributed by atoms with van der Waals surface area (Å²) in [5.74, 6) is 1.65. The Kier molecular flexibility index (Phi) is 7.58. The van der Waals surface area contributed by atoms with Crippen molar-refractivity contribution in [3.8, 4) is 0 Å². The minimum absolute atomic E-state index is 0.0795. The van der Waals surface area contributed by atoms with Crippen LogP contribution in [-0.2, 0) is 23.8 Å². The summed E-state index contributed by atoms with van der Waals surface area (Å²) < 4.78 is 54.0. The molecule has 39 heavy (non-hydrogen) atoms. The van der Waals surface area contributed by atoms with E-state index in [9.17, 15) is 22.8 Å². The number of ether oxygens (including phenoxy) is 3. The number of allylic oxidation sites excluding steroid dienone is 1. The van der Waals surface area contributed by atoms with E-state index in [1.54, 1.807) is 0 Å². The van der Waals surface area contributed by atoms with Gasteiger partial charge < -0.3 is 14.2 Å². The number of hydrogen-bond acceptors (Lipinski definition) is 5. The minimum Gasteiger partial charge on any atom is -0.494 e. The van der Waals surface area contributed by atoms with Crippen molar-refractivity contribution in [2.24, 2.45) is 46.3 Å². The lowest BCUT2D eigenvalue weighted by Crippen LogP contribution is -2.54. The number of esters is 2. The van der Waals surface area contributed by atoms with Crippen molar-refractivity contribution in [3.05, 3.63) is 11.3 Å². The highest BCUT2D eigenvalue weighted by molar-refractivity contribution is 5.75. The molecule has 0 spiro atoms. The first-order valence-electron chi connectivity index (χ1n) is 15.0. The Morgan fingerprint density at radius 3 is 2.46 bits per heavy atom. The van der Waals surface area contributed by atoms with Gasteiger partial charge >= 0.3 is 18.1 Å². The van der Waals surface area contributed by atoms with Crippen molar-refractivity contribution in [3.63, 3.8) is 0 Å². The molecule has 10 atom stereocenters. The average molecular weight is 555 g/mol. The first-order valence-corrected chi connectivity index (χ1v) is 15.0. The Hall–Kier alpha value is -1.73. The molecule has 5 nitrogen and oxygen atoms in total. The van der Waals surface area contributed by atoms with E-state index in [0.29, 0.717) is 41.9 Å². The van der Waals surface area contributed by atoms with Crippen LogP contribution < -0.4 is 0 Å². The number of fused-ring (bicyclic) bond motifs is 7. The second-order valence-electron chi connectivity index (χ2n) is 13.9. The van der Waals surface area contributed by atoms with Gasteiger partial charge in [-0.2, -0.15) is 13.2 Å². The predicted octanol–water partition coefficient (Wildman–Crippen LogP) is 7.38. The van der Waals surface area contributed by atoms with Crippen LogP contribution in [0.1, 0.15) is 98.8 Å². The summed E-state index contributed by atoms with van der Waals surface area (Å²) in [6.07, 6.45) is 5.74. The van der Waals surface area contributed by atoms with Crippen LogP contribution in [0.2, 0.25) is 0 Å². The number of hydrogen-bond donors (Lipinski definition) is 0. The molecule has 0 aromatic heterocycles. The zero-order chi connectivity index (χ0) is 28.3.